The number of rotatable bonds is 2. The van der Waals surface area contributed by atoms with Gasteiger partial charge in [0.2, 0.25) is 0 Å². The minimum atomic E-state index is 0.961. The summed E-state index contributed by atoms with van der Waals surface area (Å²) in [6, 6.07) is 0. The van der Waals surface area contributed by atoms with Crippen LogP contribution in [-0.2, 0) is 0 Å². The van der Waals surface area contributed by atoms with Crippen molar-refractivity contribution in [3.63, 3.8) is 0 Å². The van der Waals surface area contributed by atoms with Gasteiger partial charge in [-0.3, -0.25) is 0 Å². The quantitative estimate of drug-likeness (QED) is 0.674. The molecule has 1 heterocycles. The van der Waals surface area contributed by atoms with E-state index in [0.717, 1.165) is 12.6 Å². The normalized spacial score (nSPS) is 24.5. The first-order valence-corrected chi connectivity index (χ1v) is 5.09. The maximum absolute atomic E-state index is 3.21. The molecular formula is C10H18N2. The van der Waals surface area contributed by atoms with Crippen molar-refractivity contribution in [3.8, 4) is 0 Å². The summed E-state index contributed by atoms with van der Waals surface area (Å²) < 4.78 is 0. The van der Waals surface area contributed by atoms with Gasteiger partial charge in [-0.2, -0.15) is 0 Å². The van der Waals surface area contributed by atoms with Crippen molar-refractivity contribution in [1.82, 2.24) is 10.2 Å². The fourth-order valence-electron chi connectivity index (χ4n) is 2.21. The molecule has 68 valence electrons. The molecule has 2 rings (SSSR count). The van der Waals surface area contributed by atoms with Crippen molar-refractivity contribution in [2.45, 2.75) is 32.1 Å². The summed E-state index contributed by atoms with van der Waals surface area (Å²) >= 11 is 0. The van der Waals surface area contributed by atoms with E-state index < -0.39 is 0 Å². The van der Waals surface area contributed by atoms with Gasteiger partial charge in [-0.05, 0) is 18.8 Å². The van der Waals surface area contributed by atoms with Crippen LogP contribution in [0.25, 0.3) is 0 Å². The Kier molecular flexibility index (Phi) is 2.54. The predicted molar refractivity (Wildman–Crippen MR) is 50.4 cm³/mol. The minimum absolute atomic E-state index is 0.961. The van der Waals surface area contributed by atoms with Crippen molar-refractivity contribution in [1.29, 1.82) is 0 Å². The Bertz CT molecular complexity index is 159. The maximum Gasteiger partial charge on any atom is 0.0867 e. The van der Waals surface area contributed by atoms with Gasteiger partial charge in [0.1, 0.15) is 0 Å². The van der Waals surface area contributed by atoms with Crippen LogP contribution in [-0.4, -0.2) is 18.1 Å². The predicted octanol–water partition coefficient (Wildman–Crippen LogP) is 1.90. The highest BCUT2D eigenvalue weighted by molar-refractivity contribution is 4.88. The molecule has 0 spiro atoms. The van der Waals surface area contributed by atoms with E-state index in [1.807, 2.05) is 6.20 Å². The zero-order valence-electron chi connectivity index (χ0n) is 7.63. The van der Waals surface area contributed by atoms with Crippen LogP contribution in [0, 0.1) is 5.92 Å². The highest BCUT2D eigenvalue weighted by atomic mass is 15.2. The Morgan fingerprint density at radius 2 is 2.08 bits per heavy atom. The average Bonchev–Trinajstić information content (AvgIpc) is 2.59. The van der Waals surface area contributed by atoms with Gasteiger partial charge in [0.25, 0.3) is 0 Å². The SMILES string of the molecule is C1=CN(CC2CCCCC2)CN1. The molecule has 1 N–H and O–H groups in total. The Hall–Kier alpha value is -0.660. The Balaban J connectivity index is 1.73. The molecular weight excluding hydrogens is 148 g/mol. The maximum atomic E-state index is 3.21. The Morgan fingerprint density at radius 1 is 1.25 bits per heavy atom. The van der Waals surface area contributed by atoms with Crippen LogP contribution in [0.15, 0.2) is 12.4 Å². The van der Waals surface area contributed by atoms with Crippen LogP contribution in [0.4, 0.5) is 0 Å². The van der Waals surface area contributed by atoms with Crippen LogP contribution in [0.5, 0.6) is 0 Å². The summed E-state index contributed by atoms with van der Waals surface area (Å²) in [5, 5.41) is 3.21. The topological polar surface area (TPSA) is 15.3 Å². The number of hydrogen-bond acceptors (Lipinski definition) is 2. The zero-order valence-corrected chi connectivity index (χ0v) is 7.63. The minimum Gasteiger partial charge on any atom is -0.373 e. The Labute approximate surface area is 74.6 Å². The van der Waals surface area contributed by atoms with Crippen molar-refractivity contribution in [3.05, 3.63) is 12.4 Å². The van der Waals surface area contributed by atoms with Crippen LogP contribution in [0.3, 0.4) is 0 Å². The van der Waals surface area contributed by atoms with Gasteiger partial charge >= 0.3 is 0 Å². The van der Waals surface area contributed by atoms with Crippen LogP contribution >= 0.6 is 0 Å². The summed E-state index contributed by atoms with van der Waals surface area (Å²) in [6.07, 6.45) is 11.5. The summed E-state index contributed by atoms with van der Waals surface area (Å²) in [7, 11) is 0. The lowest BCUT2D eigenvalue weighted by Gasteiger charge is -2.26. The largest absolute Gasteiger partial charge is 0.373 e. The standard InChI is InChI=1S/C10H18N2/c1-2-4-10(5-3-1)8-12-7-6-11-9-12/h6-7,10-11H,1-5,8-9H2. The third-order valence-corrected chi connectivity index (χ3v) is 2.92. The first-order chi connectivity index (χ1) is 5.95. The van der Waals surface area contributed by atoms with Crippen LogP contribution in [0.1, 0.15) is 32.1 Å². The lowest BCUT2D eigenvalue weighted by atomic mass is 9.89. The van der Waals surface area contributed by atoms with Crippen LogP contribution in [0.2, 0.25) is 0 Å². The molecule has 0 radical (unpaired) electrons. The number of nitrogens with zero attached hydrogens (tertiary/aromatic N) is 1. The van der Waals surface area contributed by atoms with E-state index in [1.165, 1.54) is 38.6 Å². The highest BCUT2D eigenvalue weighted by Crippen LogP contribution is 2.24. The molecule has 1 aliphatic heterocycles. The second kappa shape index (κ2) is 3.83. The number of hydrogen-bond donors (Lipinski definition) is 1. The van der Waals surface area contributed by atoms with Gasteiger partial charge in [0.15, 0.2) is 0 Å². The van der Waals surface area contributed by atoms with E-state index >= 15 is 0 Å². The zero-order chi connectivity index (χ0) is 8.23. The molecule has 1 aliphatic carbocycles. The van der Waals surface area contributed by atoms with E-state index in [0.29, 0.717) is 0 Å². The van der Waals surface area contributed by atoms with Gasteiger partial charge in [-0.1, -0.05) is 19.3 Å². The first kappa shape index (κ1) is 7.96. The van der Waals surface area contributed by atoms with Crippen molar-refractivity contribution in [2.24, 2.45) is 5.92 Å². The van der Waals surface area contributed by atoms with Crippen molar-refractivity contribution in [2.75, 3.05) is 13.2 Å². The van der Waals surface area contributed by atoms with E-state index in [9.17, 15) is 0 Å². The lowest BCUT2D eigenvalue weighted by molar-refractivity contribution is 0.260. The molecule has 0 unspecified atom stereocenters. The second-order valence-corrected chi connectivity index (χ2v) is 3.95. The average molecular weight is 166 g/mol. The van der Waals surface area contributed by atoms with Gasteiger partial charge in [0, 0.05) is 18.9 Å². The molecule has 0 atom stereocenters. The molecule has 0 amide bonds. The summed E-state index contributed by atoms with van der Waals surface area (Å²) in [5.41, 5.74) is 0. The Morgan fingerprint density at radius 3 is 2.75 bits per heavy atom. The molecule has 2 aliphatic rings. The lowest BCUT2D eigenvalue weighted by Crippen LogP contribution is -2.27. The van der Waals surface area contributed by atoms with Crippen molar-refractivity contribution < 1.29 is 0 Å². The monoisotopic (exact) mass is 166 g/mol. The molecule has 1 saturated carbocycles. The van der Waals surface area contributed by atoms with Gasteiger partial charge in [0.05, 0.1) is 6.67 Å². The molecule has 0 bridgehead atoms. The van der Waals surface area contributed by atoms with Gasteiger partial charge in [-0.25, -0.2) is 0 Å². The molecule has 0 aromatic carbocycles. The third kappa shape index (κ3) is 1.93. The summed E-state index contributed by atoms with van der Waals surface area (Å²) in [5.74, 6) is 0.961. The molecule has 0 aromatic heterocycles. The van der Waals surface area contributed by atoms with Crippen molar-refractivity contribution >= 4 is 0 Å². The molecule has 1 fully saturated rings. The summed E-state index contributed by atoms with van der Waals surface area (Å²) in [6.45, 7) is 2.29. The smallest absolute Gasteiger partial charge is 0.0867 e. The van der Waals surface area contributed by atoms with E-state index in [2.05, 4.69) is 16.4 Å². The molecule has 2 nitrogen and oxygen atoms in total. The molecule has 12 heavy (non-hydrogen) atoms. The van der Waals surface area contributed by atoms with Gasteiger partial charge in [-0.15, -0.1) is 0 Å². The second-order valence-electron chi connectivity index (χ2n) is 3.95. The number of nitrogens with one attached hydrogen (secondary N) is 1. The first-order valence-electron chi connectivity index (χ1n) is 5.09. The van der Waals surface area contributed by atoms with E-state index in [4.69, 9.17) is 0 Å². The summed E-state index contributed by atoms with van der Waals surface area (Å²) in [4.78, 5) is 2.38. The fraction of sp³-hybridized carbons (Fsp3) is 0.800. The fourth-order valence-corrected chi connectivity index (χ4v) is 2.21. The van der Waals surface area contributed by atoms with E-state index in [-0.39, 0.29) is 0 Å². The third-order valence-electron chi connectivity index (χ3n) is 2.92. The van der Waals surface area contributed by atoms with Crippen LogP contribution < -0.4 is 5.32 Å². The van der Waals surface area contributed by atoms with Gasteiger partial charge < -0.3 is 10.2 Å². The molecule has 2 heteroatoms. The molecule has 0 saturated heterocycles. The highest BCUT2D eigenvalue weighted by Gasteiger charge is 2.16. The van der Waals surface area contributed by atoms with E-state index in [1.54, 1.807) is 0 Å². The molecule has 0 aromatic rings.